The third-order valence-electron chi connectivity index (χ3n) is 5.85. The van der Waals surface area contributed by atoms with Gasteiger partial charge in [0.05, 0.1) is 46.1 Å². The van der Waals surface area contributed by atoms with Crippen molar-refractivity contribution in [2.24, 2.45) is 4.99 Å². The topological polar surface area (TPSA) is 79.1 Å². The molecule has 2 heterocycles. The fourth-order valence-electron chi connectivity index (χ4n) is 4.25. The van der Waals surface area contributed by atoms with Crippen LogP contribution in [0.3, 0.4) is 0 Å². The van der Waals surface area contributed by atoms with Gasteiger partial charge in [0.1, 0.15) is 0 Å². The Labute approximate surface area is 238 Å². The van der Waals surface area contributed by atoms with Crippen molar-refractivity contribution in [1.82, 2.24) is 4.57 Å². The number of hydrogen-bond donors (Lipinski definition) is 0. The molecule has 0 aliphatic carbocycles. The van der Waals surface area contributed by atoms with Crippen LogP contribution in [0.5, 0.6) is 11.5 Å². The van der Waals surface area contributed by atoms with Gasteiger partial charge in [-0.1, -0.05) is 23.5 Å². The fourth-order valence-corrected chi connectivity index (χ4v) is 6.32. The highest BCUT2D eigenvalue weighted by molar-refractivity contribution is 9.10. The third kappa shape index (κ3) is 5.62. The first-order chi connectivity index (χ1) is 18.2. The lowest BCUT2D eigenvalue weighted by Crippen LogP contribution is -2.40. The molecule has 1 aromatic heterocycles. The second kappa shape index (κ2) is 11.9. The van der Waals surface area contributed by atoms with Gasteiger partial charge in [-0.2, -0.15) is 0 Å². The van der Waals surface area contributed by atoms with Crippen LogP contribution in [0.2, 0.25) is 0 Å². The Bertz CT molecular complexity index is 1570. The minimum absolute atomic E-state index is 0.236. The molecule has 1 atom stereocenters. The molecule has 0 radical (unpaired) electrons. The maximum atomic E-state index is 13.9. The Morgan fingerprint density at radius 1 is 1.26 bits per heavy atom. The molecule has 0 spiro atoms. The highest BCUT2D eigenvalue weighted by atomic mass is 79.9. The summed E-state index contributed by atoms with van der Waals surface area (Å²) in [5.41, 5.74) is 2.24. The Morgan fingerprint density at radius 2 is 1.97 bits per heavy atom. The third-order valence-corrected chi connectivity index (χ3v) is 8.17. The van der Waals surface area contributed by atoms with Crippen molar-refractivity contribution in [3.05, 3.63) is 83.0 Å². The average molecular weight is 618 g/mol. The summed E-state index contributed by atoms with van der Waals surface area (Å²) in [5.74, 6) is 0.683. The number of thioether (sulfide) groups is 1. The molecule has 7 nitrogen and oxygen atoms in total. The van der Waals surface area contributed by atoms with E-state index >= 15 is 0 Å². The summed E-state index contributed by atoms with van der Waals surface area (Å²) in [7, 11) is 1.58. The smallest absolute Gasteiger partial charge is 0.338 e. The van der Waals surface area contributed by atoms with Gasteiger partial charge < -0.3 is 14.2 Å². The molecule has 0 saturated carbocycles. The molecule has 1 aliphatic rings. The fraction of sp³-hybridized carbons (Fsp3) is 0.321. The highest BCUT2D eigenvalue weighted by Gasteiger charge is 2.33. The Balaban J connectivity index is 1.92. The number of halogens is 1. The molecule has 0 unspecified atom stereocenters. The normalized spacial score (nSPS) is 15.4. The van der Waals surface area contributed by atoms with Crippen molar-refractivity contribution in [1.29, 1.82) is 0 Å². The molecule has 38 heavy (non-hydrogen) atoms. The van der Waals surface area contributed by atoms with Crippen LogP contribution in [-0.2, 0) is 9.53 Å². The van der Waals surface area contributed by atoms with Gasteiger partial charge in [-0.25, -0.2) is 9.79 Å². The molecular formula is C28H29BrN2O5S2. The molecule has 1 aliphatic heterocycles. The maximum absolute atomic E-state index is 13.9. The van der Waals surface area contributed by atoms with Crippen molar-refractivity contribution >= 4 is 51.1 Å². The number of aromatic nitrogens is 1. The van der Waals surface area contributed by atoms with E-state index in [-0.39, 0.29) is 11.7 Å². The summed E-state index contributed by atoms with van der Waals surface area (Å²) in [6.07, 6.45) is 3.50. The predicted molar refractivity (Wildman–Crippen MR) is 155 cm³/mol. The van der Waals surface area contributed by atoms with Gasteiger partial charge in [-0.05, 0) is 91.3 Å². The lowest BCUT2D eigenvalue weighted by molar-refractivity contribution is -0.143. The van der Waals surface area contributed by atoms with E-state index in [2.05, 4.69) is 20.9 Å². The van der Waals surface area contributed by atoms with E-state index in [0.717, 1.165) is 16.0 Å². The summed E-state index contributed by atoms with van der Waals surface area (Å²) in [4.78, 5) is 33.4. The zero-order valence-electron chi connectivity index (χ0n) is 22.0. The molecule has 0 N–H and O–H groups in total. The summed E-state index contributed by atoms with van der Waals surface area (Å²) < 4.78 is 19.6. The maximum Gasteiger partial charge on any atom is 0.338 e. The first kappa shape index (κ1) is 28.2. The zero-order valence-corrected chi connectivity index (χ0v) is 25.3. The predicted octanol–water partition coefficient (Wildman–Crippen LogP) is 5.08. The molecule has 0 fully saturated rings. The number of esters is 1. The monoisotopic (exact) mass is 616 g/mol. The number of allylic oxidation sites excluding steroid dienone is 1. The number of benzene rings is 2. The van der Waals surface area contributed by atoms with E-state index in [1.807, 2.05) is 49.6 Å². The summed E-state index contributed by atoms with van der Waals surface area (Å²) in [6, 6.07) is 10.9. The van der Waals surface area contributed by atoms with E-state index in [0.29, 0.717) is 43.2 Å². The zero-order chi connectivity index (χ0) is 27.6. The van der Waals surface area contributed by atoms with Crippen molar-refractivity contribution in [2.75, 3.05) is 20.0 Å². The number of carbonyl (C=O) groups is 1. The lowest BCUT2D eigenvalue weighted by Gasteiger charge is -2.25. The summed E-state index contributed by atoms with van der Waals surface area (Å²) in [5, 5.41) is 0. The highest BCUT2D eigenvalue weighted by Crippen LogP contribution is 2.37. The number of methoxy groups -OCH3 is 1. The molecule has 0 amide bonds. The van der Waals surface area contributed by atoms with Crippen molar-refractivity contribution < 1.29 is 19.0 Å². The number of carbonyl (C=O) groups excluding carboxylic acids is 1. The second-order valence-electron chi connectivity index (χ2n) is 8.78. The van der Waals surface area contributed by atoms with Crippen LogP contribution in [0.4, 0.5) is 0 Å². The molecule has 10 heteroatoms. The van der Waals surface area contributed by atoms with Crippen molar-refractivity contribution in [2.45, 2.75) is 44.7 Å². The van der Waals surface area contributed by atoms with Crippen LogP contribution < -0.4 is 24.4 Å². The molecular weight excluding hydrogens is 588 g/mol. The molecule has 3 aromatic rings. The Hall–Kier alpha value is -2.82. The van der Waals surface area contributed by atoms with Gasteiger partial charge in [0.2, 0.25) is 0 Å². The van der Waals surface area contributed by atoms with Gasteiger partial charge in [0.25, 0.3) is 5.56 Å². The molecule has 4 rings (SSSR count). The average Bonchev–Trinajstić information content (AvgIpc) is 3.17. The van der Waals surface area contributed by atoms with E-state index in [1.165, 1.54) is 11.3 Å². The van der Waals surface area contributed by atoms with Crippen molar-refractivity contribution in [3.63, 3.8) is 0 Å². The van der Waals surface area contributed by atoms with Gasteiger partial charge in [0, 0.05) is 4.90 Å². The van der Waals surface area contributed by atoms with Gasteiger partial charge in [-0.3, -0.25) is 9.36 Å². The number of ether oxygens (including phenoxy) is 3. The molecule has 2 aromatic carbocycles. The summed E-state index contributed by atoms with van der Waals surface area (Å²) in [6.45, 7) is 7.75. The summed E-state index contributed by atoms with van der Waals surface area (Å²) >= 11 is 6.44. The van der Waals surface area contributed by atoms with E-state index in [1.54, 1.807) is 50.3 Å². The lowest BCUT2D eigenvalue weighted by atomic mass is 9.96. The number of thiazole rings is 1. The number of hydrogen-bond acceptors (Lipinski definition) is 8. The number of nitrogens with zero attached hydrogens (tertiary/aromatic N) is 2. The molecule has 200 valence electrons. The van der Waals surface area contributed by atoms with Crippen LogP contribution in [0.15, 0.2) is 66.8 Å². The van der Waals surface area contributed by atoms with Gasteiger partial charge in [0.15, 0.2) is 16.3 Å². The van der Waals surface area contributed by atoms with Crippen LogP contribution in [0.1, 0.15) is 44.9 Å². The minimum Gasteiger partial charge on any atom is -0.492 e. The van der Waals surface area contributed by atoms with E-state index < -0.39 is 12.0 Å². The molecule has 0 bridgehead atoms. The minimum atomic E-state index is -0.655. The van der Waals surface area contributed by atoms with Crippen LogP contribution in [-0.4, -0.2) is 36.6 Å². The first-order valence-electron chi connectivity index (χ1n) is 12.1. The van der Waals surface area contributed by atoms with E-state index in [9.17, 15) is 9.59 Å². The SMILES string of the molecule is CCOc1cc(/C=c2\sc3n(c2=O)[C@@H](c2ccc(SC)cc2)C(C(=O)OC(C)C)=C(C)N=3)cc(Br)c1OC. The van der Waals surface area contributed by atoms with Gasteiger partial charge >= 0.3 is 5.97 Å². The van der Waals surface area contributed by atoms with Crippen LogP contribution >= 0.6 is 39.0 Å². The Kier molecular flexibility index (Phi) is 8.85. The number of fused-ring (bicyclic) bond motifs is 1. The number of rotatable bonds is 8. The second-order valence-corrected chi connectivity index (χ2v) is 11.5. The quantitative estimate of drug-likeness (QED) is 0.259. The Morgan fingerprint density at radius 3 is 2.58 bits per heavy atom. The van der Waals surface area contributed by atoms with Gasteiger partial charge in [-0.15, -0.1) is 11.8 Å². The molecule has 0 saturated heterocycles. The standard InChI is InChI=1S/C28H29BrN2O5S2/c1-7-35-21-13-17(12-20(29)25(21)34-5)14-22-26(32)31-24(18-8-10-19(37-6)11-9-18)23(27(33)36-15(2)3)16(4)30-28(31)38-22/h8-15,24H,7H2,1-6H3/b22-14-/t24-/m0/s1. The van der Waals surface area contributed by atoms with Crippen LogP contribution in [0.25, 0.3) is 6.08 Å². The van der Waals surface area contributed by atoms with Crippen molar-refractivity contribution in [3.8, 4) is 11.5 Å². The first-order valence-corrected chi connectivity index (χ1v) is 14.9. The van der Waals surface area contributed by atoms with E-state index in [4.69, 9.17) is 14.2 Å². The largest absolute Gasteiger partial charge is 0.492 e. The van der Waals surface area contributed by atoms with Crippen LogP contribution in [0, 0.1) is 0 Å².